The predicted octanol–water partition coefficient (Wildman–Crippen LogP) is 5.10. The maximum absolute atomic E-state index is 5.84. The van der Waals surface area contributed by atoms with E-state index in [0.717, 1.165) is 22.1 Å². The van der Waals surface area contributed by atoms with E-state index in [9.17, 15) is 0 Å². The van der Waals surface area contributed by atoms with Crippen LogP contribution < -0.4 is 10.6 Å². The van der Waals surface area contributed by atoms with Crippen LogP contribution in [0.3, 0.4) is 0 Å². The van der Waals surface area contributed by atoms with Crippen molar-refractivity contribution in [2.24, 2.45) is 0 Å². The summed E-state index contributed by atoms with van der Waals surface area (Å²) in [6.45, 7) is 3.98. The number of rotatable bonds is 5. The van der Waals surface area contributed by atoms with Crippen molar-refractivity contribution < 1.29 is 0 Å². The molecule has 2 N–H and O–H groups in total. The van der Waals surface area contributed by atoms with Gasteiger partial charge >= 0.3 is 0 Å². The molecule has 0 aliphatic rings. The Labute approximate surface area is 129 Å². The van der Waals surface area contributed by atoms with Gasteiger partial charge in [0.25, 0.3) is 0 Å². The lowest BCUT2D eigenvalue weighted by Gasteiger charge is -2.12. The van der Waals surface area contributed by atoms with Gasteiger partial charge in [-0.1, -0.05) is 48.6 Å². The second-order valence-corrected chi connectivity index (χ2v) is 5.26. The molecule has 2 rings (SSSR count). The van der Waals surface area contributed by atoms with E-state index in [1.165, 1.54) is 0 Å². The van der Waals surface area contributed by atoms with Gasteiger partial charge in [-0.2, -0.15) is 0 Å². The Balaban J connectivity index is 1.85. The molecule has 0 atom stereocenters. The molecule has 102 valence electrons. The number of nitrogens with one attached hydrogen (secondary N) is 2. The van der Waals surface area contributed by atoms with E-state index in [2.05, 4.69) is 17.2 Å². The summed E-state index contributed by atoms with van der Waals surface area (Å²) in [6.07, 6.45) is 0.576. The fraction of sp³-hybridized carbons (Fsp3) is 0.0625. The van der Waals surface area contributed by atoms with Crippen LogP contribution in [0.1, 0.15) is 6.42 Å². The van der Waals surface area contributed by atoms with Crippen LogP contribution in [0.15, 0.2) is 66.9 Å². The highest BCUT2D eigenvalue weighted by Crippen LogP contribution is 2.16. The minimum atomic E-state index is 0.576. The Hall–Kier alpha value is -1.84. The SMILES string of the molecule is C=C(CC(=S)Nc1ccccc1)Nc1ccc(Cl)cc1. The lowest BCUT2D eigenvalue weighted by molar-refractivity contribution is 1.29. The zero-order valence-electron chi connectivity index (χ0n) is 10.9. The van der Waals surface area contributed by atoms with Crippen molar-refractivity contribution in [2.45, 2.75) is 6.42 Å². The van der Waals surface area contributed by atoms with Gasteiger partial charge < -0.3 is 10.6 Å². The summed E-state index contributed by atoms with van der Waals surface area (Å²) in [5.74, 6) is 0. The van der Waals surface area contributed by atoms with Gasteiger partial charge in [0.1, 0.15) is 0 Å². The van der Waals surface area contributed by atoms with Crippen molar-refractivity contribution in [3.63, 3.8) is 0 Å². The van der Waals surface area contributed by atoms with Gasteiger partial charge in [-0.15, -0.1) is 0 Å². The number of para-hydroxylation sites is 1. The van der Waals surface area contributed by atoms with Gasteiger partial charge in [-0.05, 0) is 36.4 Å². The molecule has 0 unspecified atom stereocenters. The molecule has 0 amide bonds. The molecule has 2 aromatic carbocycles. The minimum absolute atomic E-state index is 0.576. The molecule has 0 spiro atoms. The van der Waals surface area contributed by atoms with Gasteiger partial charge in [-0.25, -0.2) is 0 Å². The third kappa shape index (κ3) is 4.68. The Kier molecular flexibility index (Phi) is 5.16. The minimum Gasteiger partial charge on any atom is -0.359 e. The number of halogens is 1. The number of benzene rings is 2. The summed E-state index contributed by atoms with van der Waals surface area (Å²) in [6, 6.07) is 17.3. The van der Waals surface area contributed by atoms with Crippen LogP contribution in [-0.4, -0.2) is 4.99 Å². The van der Waals surface area contributed by atoms with Crippen molar-refractivity contribution in [3.05, 3.63) is 71.9 Å². The first-order valence-corrected chi connectivity index (χ1v) is 6.97. The first-order valence-electron chi connectivity index (χ1n) is 6.19. The van der Waals surface area contributed by atoms with E-state index in [0.29, 0.717) is 11.4 Å². The molecule has 0 radical (unpaired) electrons. The van der Waals surface area contributed by atoms with Crippen LogP contribution in [-0.2, 0) is 0 Å². The molecule has 2 aromatic rings. The number of thiocarbonyl (C=S) groups is 1. The first kappa shape index (κ1) is 14.6. The normalized spacial score (nSPS) is 9.85. The highest BCUT2D eigenvalue weighted by atomic mass is 35.5. The molecule has 2 nitrogen and oxygen atoms in total. The quantitative estimate of drug-likeness (QED) is 0.752. The number of hydrogen-bond acceptors (Lipinski definition) is 2. The van der Waals surface area contributed by atoms with Crippen LogP contribution >= 0.6 is 23.8 Å². The summed E-state index contributed by atoms with van der Waals surface area (Å²) < 4.78 is 0. The molecule has 0 aliphatic heterocycles. The van der Waals surface area contributed by atoms with Gasteiger partial charge in [0.05, 0.1) is 4.99 Å². The maximum Gasteiger partial charge on any atom is 0.0856 e. The van der Waals surface area contributed by atoms with Crippen LogP contribution in [0.2, 0.25) is 5.02 Å². The second-order valence-electron chi connectivity index (χ2n) is 4.33. The van der Waals surface area contributed by atoms with E-state index >= 15 is 0 Å². The van der Waals surface area contributed by atoms with Crippen LogP contribution in [0, 0.1) is 0 Å². The zero-order valence-corrected chi connectivity index (χ0v) is 12.5. The van der Waals surface area contributed by atoms with Gasteiger partial charge in [0.2, 0.25) is 0 Å². The standard InChI is InChI=1S/C16H15ClN2S/c1-12(18-15-9-7-13(17)8-10-15)11-16(20)19-14-5-3-2-4-6-14/h2-10,18H,1,11H2,(H,19,20). The predicted molar refractivity (Wildman–Crippen MR) is 91.5 cm³/mol. The molecule has 0 saturated carbocycles. The smallest absolute Gasteiger partial charge is 0.0856 e. The van der Waals surface area contributed by atoms with Crippen molar-refractivity contribution in [3.8, 4) is 0 Å². The molecule has 0 aliphatic carbocycles. The Morgan fingerprint density at radius 2 is 1.55 bits per heavy atom. The van der Waals surface area contributed by atoms with Crippen LogP contribution in [0.25, 0.3) is 0 Å². The summed E-state index contributed by atoms with van der Waals surface area (Å²) in [7, 11) is 0. The Morgan fingerprint density at radius 1 is 0.950 bits per heavy atom. The third-order valence-electron chi connectivity index (χ3n) is 2.60. The highest BCUT2D eigenvalue weighted by Gasteiger charge is 2.02. The monoisotopic (exact) mass is 302 g/mol. The fourth-order valence-electron chi connectivity index (χ4n) is 1.70. The third-order valence-corrected chi connectivity index (χ3v) is 3.10. The summed E-state index contributed by atoms with van der Waals surface area (Å²) in [4.78, 5) is 0.725. The van der Waals surface area contributed by atoms with E-state index in [1.54, 1.807) is 0 Å². The molecule has 0 bridgehead atoms. The van der Waals surface area contributed by atoms with Gasteiger partial charge in [0, 0.05) is 28.5 Å². The van der Waals surface area contributed by atoms with Crippen molar-refractivity contribution in [2.75, 3.05) is 10.6 Å². The molecule has 0 aromatic heterocycles. The zero-order chi connectivity index (χ0) is 14.4. The van der Waals surface area contributed by atoms with E-state index in [4.69, 9.17) is 23.8 Å². The molecule has 0 saturated heterocycles. The van der Waals surface area contributed by atoms with Crippen molar-refractivity contribution >= 4 is 40.2 Å². The molecular formula is C16H15ClN2S. The Morgan fingerprint density at radius 3 is 2.20 bits per heavy atom. The molecular weight excluding hydrogens is 288 g/mol. The highest BCUT2D eigenvalue weighted by molar-refractivity contribution is 7.80. The largest absolute Gasteiger partial charge is 0.359 e. The molecule has 0 fully saturated rings. The van der Waals surface area contributed by atoms with Gasteiger partial charge in [0.15, 0.2) is 0 Å². The maximum atomic E-state index is 5.84. The lowest BCUT2D eigenvalue weighted by Crippen LogP contribution is -2.12. The van der Waals surface area contributed by atoms with E-state index in [-0.39, 0.29) is 0 Å². The van der Waals surface area contributed by atoms with E-state index in [1.807, 2.05) is 54.6 Å². The van der Waals surface area contributed by atoms with Crippen molar-refractivity contribution in [1.29, 1.82) is 0 Å². The molecule has 4 heteroatoms. The second kappa shape index (κ2) is 7.08. The number of anilines is 2. The van der Waals surface area contributed by atoms with Crippen LogP contribution in [0.4, 0.5) is 11.4 Å². The Bertz CT molecular complexity index is 594. The topological polar surface area (TPSA) is 24.1 Å². The van der Waals surface area contributed by atoms with Crippen molar-refractivity contribution in [1.82, 2.24) is 0 Å². The van der Waals surface area contributed by atoms with E-state index < -0.39 is 0 Å². The molecule has 0 heterocycles. The van der Waals surface area contributed by atoms with Crippen LogP contribution in [0.5, 0.6) is 0 Å². The fourth-order valence-corrected chi connectivity index (χ4v) is 2.12. The average molecular weight is 303 g/mol. The summed E-state index contributed by atoms with van der Waals surface area (Å²) in [5, 5.41) is 7.09. The van der Waals surface area contributed by atoms with Gasteiger partial charge in [-0.3, -0.25) is 0 Å². The average Bonchev–Trinajstić information content (AvgIpc) is 2.42. The number of hydrogen-bond donors (Lipinski definition) is 2. The lowest BCUT2D eigenvalue weighted by atomic mass is 10.2. The summed E-state index contributed by atoms with van der Waals surface area (Å²) >= 11 is 11.2. The molecule has 20 heavy (non-hydrogen) atoms. The first-order chi connectivity index (χ1) is 9.63. The summed E-state index contributed by atoms with van der Waals surface area (Å²) in [5.41, 5.74) is 2.76.